The predicted octanol–water partition coefficient (Wildman–Crippen LogP) is 3.51. The van der Waals surface area contributed by atoms with Gasteiger partial charge in [-0.15, -0.1) is 0 Å². The van der Waals surface area contributed by atoms with Crippen LogP contribution < -0.4 is 0 Å². The standard InChI is InChI=1S/C12H12BrCl2NO3S/c1-7-2-3-16(6-7)12(17)9-4-8(20(15,18)19)5-10(13)11(9)14/h4-5,7H,2-3,6H2,1H3. The van der Waals surface area contributed by atoms with Crippen molar-refractivity contribution < 1.29 is 13.2 Å². The van der Waals surface area contributed by atoms with Crippen LogP contribution in [0.1, 0.15) is 23.7 Å². The monoisotopic (exact) mass is 399 g/mol. The van der Waals surface area contributed by atoms with Crippen molar-refractivity contribution in [2.45, 2.75) is 18.2 Å². The van der Waals surface area contributed by atoms with Crippen LogP contribution in [0.25, 0.3) is 0 Å². The van der Waals surface area contributed by atoms with Crippen LogP contribution in [0.5, 0.6) is 0 Å². The van der Waals surface area contributed by atoms with Crippen LogP contribution in [0.15, 0.2) is 21.5 Å². The summed E-state index contributed by atoms with van der Waals surface area (Å²) in [6.07, 6.45) is 0.929. The van der Waals surface area contributed by atoms with Gasteiger partial charge in [0.15, 0.2) is 0 Å². The summed E-state index contributed by atoms with van der Waals surface area (Å²) in [5.74, 6) is 0.156. The summed E-state index contributed by atoms with van der Waals surface area (Å²) in [4.78, 5) is 13.9. The molecule has 0 radical (unpaired) electrons. The van der Waals surface area contributed by atoms with Gasteiger partial charge in [-0.3, -0.25) is 4.79 Å². The topological polar surface area (TPSA) is 54.5 Å². The summed E-state index contributed by atoms with van der Waals surface area (Å²) < 4.78 is 23.2. The number of amides is 1. The van der Waals surface area contributed by atoms with Gasteiger partial charge < -0.3 is 4.90 Å². The zero-order chi connectivity index (χ0) is 15.1. The lowest BCUT2D eigenvalue weighted by Gasteiger charge is -2.17. The first-order chi connectivity index (χ1) is 9.20. The Kier molecular flexibility index (Phi) is 4.69. The number of rotatable bonds is 2. The molecule has 1 aromatic carbocycles. The average molecular weight is 401 g/mol. The van der Waals surface area contributed by atoms with Gasteiger partial charge in [0.1, 0.15) is 0 Å². The summed E-state index contributed by atoms with van der Waals surface area (Å²) in [6.45, 7) is 3.35. The van der Waals surface area contributed by atoms with E-state index in [1.54, 1.807) is 4.90 Å². The maximum atomic E-state index is 12.4. The Hall–Kier alpha value is -0.300. The van der Waals surface area contributed by atoms with Gasteiger partial charge in [-0.2, -0.15) is 0 Å². The van der Waals surface area contributed by atoms with Gasteiger partial charge in [-0.25, -0.2) is 8.42 Å². The van der Waals surface area contributed by atoms with E-state index < -0.39 is 9.05 Å². The van der Waals surface area contributed by atoms with E-state index in [9.17, 15) is 13.2 Å². The third-order valence-corrected chi connectivity index (χ3v) is 5.82. The van der Waals surface area contributed by atoms with Crippen LogP contribution in [0.3, 0.4) is 0 Å². The number of carbonyl (C=O) groups is 1. The zero-order valence-corrected chi connectivity index (χ0v) is 14.5. The smallest absolute Gasteiger partial charge is 0.261 e. The molecule has 8 heteroatoms. The minimum Gasteiger partial charge on any atom is -0.338 e. The number of benzene rings is 1. The van der Waals surface area contributed by atoms with Crippen molar-refractivity contribution in [1.29, 1.82) is 0 Å². The Labute approximate surface area is 135 Å². The molecule has 0 N–H and O–H groups in total. The van der Waals surface area contributed by atoms with Gasteiger partial charge in [-0.1, -0.05) is 18.5 Å². The predicted molar refractivity (Wildman–Crippen MR) is 81.9 cm³/mol. The first kappa shape index (κ1) is 16.1. The maximum Gasteiger partial charge on any atom is 0.261 e. The molecule has 0 spiro atoms. The molecule has 1 aromatic rings. The third-order valence-electron chi connectivity index (χ3n) is 3.22. The molecule has 0 aromatic heterocycles. The van der Waals surface area contributed by atoms with Crippen molar-refractivity contribution in [1.82, 2.24) is 4.90 Å². The number of hydrogen-bond donors (Lipinski definition) is 0. The molecular formula is C12H12BrCl2NO3S. The van der Waals surface area contributed by atoms with Crippen molar-refractivity contribution >= 4 is 53.2 Å². The van der Waals surface area contributed by atoms with E-state index in [0.717, 1.165) is 6.42 Å². The molecule has 1 aliphatic heterocycles. The van der Waals surface area contributed by atoms with Gasteiger partial charge in [0.05, 0.1) is 15.5 Å². The average Bonchev–Trinajstić information content (AvgIpc) is 2.77. The highest BCUT2D eigenvalue weighted by atomic mass is 79.9. The van der Waals surface area contributed by atoms with Gasteiger partial charge in [0.2, 0.25) is 0 Å². The van der Waals surface area contributed by atoms with E-state index in [4.69, 9.17) is 22.3 Å². The van der Waals surface area contributed by atoms with Crippen molar-refractivity contribution in [3.05, 3.63) is 27.2 Å². The van der Waals surface area contributed by atoms with Crippen LogP contribution in [0.4, 0.5) is 0 Å². The van der Waals surface area contributed by atoms with Gasteiger partial charge >= 0.3 is 0 Å². The molecule has 1 heterocycles. The normalized spacial score (nSPS) is 19.4. The number of carbonyl (C=O) groups excluding carboxylic acids is 1. The first-order valence-electron chi connectivity index (χ1n) is 5.93. The minimum atomic E-state index is -3.92. The highest BCUT2D eigenvalue weighted by Crippen LogP contribution is 2.32. The number of nitrogens with zero attached hydrogens (tertiary/aromatic N) is 1. The summed E-state index contributed by atoms with van der Waals surface area (Å²) in [6, 6.07) is 2.51. The quantitative estimate of drug-likeness (QED) is 0.713. The maximum absolute atomic E-state index is 12.4. The first-order valence-corrected chi connectivity index (χ1v) is 9.41. The Bertz CT molecular complexity index is 663. The Balaban J connectivity index is 2.45. The summed E-state index contributed by atoms with van der Waals surface area (Å²) in [5, 5.41) is 0.193. The number of likely N-dealkylation sites (tertiary alicyclic amines) is 1. The second kappa shape index (κ2) is 5.83. The number of hydrogen-bond acceptors (Lipinski definition) is 3. The molecule has 2 rings (SSSR count). The highest BCUT2D eigenvalue weighted by Gasteiger charge is 2.27. The third kappa shape index (κ3) is 3.30. The lowest BCUT2D eigenvalue weighted by molar-refractivity contribution is 0.0788. The van der Waals surface area contributed by atoms with Crippen LogP contribution in [0, 0.1) is 5.92 Å². The molecular weight excluding hydrogens is 389 g/mol. The molecule has 1 atom stereocenters. The Morgan fingerprint density at radius 1 is 1.45 bits per heavy atom. The van der Waals surface area contributed by atoms with Crippen molar-refractivity contribution in [3.63, 3.8) is 0 Å². The largest absolute Gasteiger partial charge is 0.338 e. The fraction of sp³-hybridized carbons (Fsp3) is 0.417. The minimum absolute atomic E-state index is 0.147. The molecule has 0 bridgehead atoms. The fourth-order valence-electron chi connectivity index (χ4n) is 2.15. The molecule has 0 saturated carbocycles. The van der Waals surface area contributed by atoms with Crippen molar-refractivity contribution in [3.8, 4) is 0 Å². The molecule has 1 saturated heterocycles. The van der Waals surface area contributed by atoms with E-state index in [0.29, 0.717) is 23.5 Å². The zero-order valence-electron chi connectivity index (χ0n) is 10.6. The lowest BCUT2D eigenvalue weighted by atomic mass is 10.2. The highest BCUT2D eigenvalue weighted by molar-refractivity contribution is 9.10. The van der Waals surface area contributed by atoms with Crippen LogP contribution in [0.2, 0.25) is 5.02 Å². The van der Waals surface area contributed by atoms with Crippen molar-refractivity contribution in [2.75, 3.05) is 13.1 Å². The Morgan fingerprint density at radius 2 is 2.10 bits per heavy atom. The van der Waals surface area contributed by atoms with Crippen molar-refractivity contribution in [2.24, 2.45) is 5.92 Å². The van der Waals surface area contributed by atoms with Crippen LogP contribution in [-0.4, -0.2) is 32.3 Å². The second-order valence-electron chi connectivity index (χ2n) is 4.85. The van der Waals surface area contributed by atoms with E-state index in [1.807, 2.05) is 0 Å². The number of halogens is 3. The summed E-state index contributed by atoms with van der Waals surface area (Å²) in [7, 11) is 1.41. The van der Waals surface area contributed by atoms with Crippen LogP contribution in [-0.2, 0) is 9.05 Å². The molecule has 0 aliphatic carbocycles. The van der Waals surface area contributed by atoms with E-state index in [2.05, 4.69) is 22.9 Å². The Morgan fingerprint density at radius 3 is 2.60 bits per heavy atom. The van der Waals surface area contributed by atoms with E-state index in [-0.39, 0.29) is 21.4 Å². The lowest BCUT2D eigenvalue weighted by Crippen LogP contribution is -2.28. The molecule has 1 unspecified atom stereocenters. The summed E-state index contributed by atoms with van der Waals surface area (Å²) >= 11 is 9.25. The van der Waals surface area contributed by atoms with Gasteiger partial charge in [-0.05, 0) is 40.4 Å². The molecule has 1 amide bonds. The molecule has 20 heavy (non-hydrogen) atoms. The SMILES string of the molecule is CC1CCN(C(=O)c2cc(S(=O)(=O)Cl)cc(Br)c2Cl)C1. The molecule has 1 aliphatic rings. The summed E-state index contributed by atoms with van der Waals surface area (Å²) in [5.41, 5.74) is 0.148. The second-order valence-corrected chi connectivity index (χ2v) is 8.65. The van der Waals surface area contributed by atoms with E-state index in [1.165, 1.54) is 12.1 Å². The fourth-order valence-corrected chi connectivity index (χ4v) is 3.74. The van der Waals surface area contributed by atoms with Gasteiger partial charge in [0.25, 0.3) is 15.0 Å². The molecule has 4 nitrogen and oxygen atoms in total. The van der Waals surface area contributed by atoms with Gasteiger partial charge in [0, 0.05) is 28.2 Å². The van der Waals surface area contributed by atoms with E-state index >= 15 is 0 Å². The molecule has 110 valence electrons. The molecule has 1 fully saturated rings. The van der Waals surface area contributed by atoms with Crippen LogP contribution >= 0.6 is 38.2 Å².